The number of hydrogen-bond donors (Lipinski definition) is 3. The monoisotopic (exact) mass is 276 g/mol. The van der Waals surface area contributed by atoms with Crippen LogP contribution in [0.2, 0.25) is 0 Å². The van der Waals surface area contributed by atoms with Gasteiger partial charge in [0.05, 0.1) is 12.8 Å². The van der Waals surface area contributed by atoms with E-state index in [1.807, 2.05) is 6.92 Å². The molecular weight excluding hydrogens is 256 g/mol. The third-order valence-electron chi connectivity index (χ3n) is 2.29. The minimum atomic E-state index is -3.55. The van der Waals surface area contributed by atoms with E-state index in [0.29, 0.717) is 18.7 Å². The van der Waals surface area contributed by atoms with Crippen LogP contribution in [-0.4, -0.2) is 45.4 Å². The molecule has 1 rings (SSSR count). The summed E-state index contributed by atoms with van der Waals surface area (Å²) in [5.41, 5.74) is 0.633. The van der Waals surface area contributed by atoms with Crippen molar-refractivity contribution in [3.63, 3.8) is 0 Å². The summed E-state index contributed by atoms with van der Waals surface area (Å²) in [6.45, 7) is 3.93. The Bertz CT molecular complexity index is 444. The largest absolute Gasteiger partial charge is 0.383 e. The number of H-pyrrole nitrogens is 1. The second-order valence-corrected chi connectivity index (χ2v) is 5.50. The molecule has 0 saturated carbocycles. The summed E-state index contributed by atoms with van der Waals surface area (Å²) in [5.74, 6) is 0. The lowest BCUT2D eigenvalue weighted by atomic mass is 10.3. The highest BCUT2D eigenvalue weighted by Crippen LogP contribution is 2.11. The first kappa shape index (κ1) is 15.1. The molecule has 0 aliphatic rings. The van der Waals surface area contributed by atoms with Crippen molar-refractivity contribution in [3.05, 3.63) is 11.8 Å². The molecule has 18 heavy (non-hydrogen) atoms. The Kier molecular flexibility index (Phi) is 6.27. The molecule has 1 aromatic heterocycles. The van der Waals surface area contributed by atoms with Crippen molar-refractivity contribution >= 4 is 10.0 Å². The van der Waals surface area contributed by atoms with Crippen LogP contribution < -0.4 is 10.0 Å². The maximum atomic E-state index is 12.0. The van der Waals surface area contributed by atoms with Gasteiger partial charge in [-0.25, -0.2) is 13.1 Å². The summed E-state index contributed by atoms with van der Waals surface area (Å²) in [7, 11) is -2.03. The quantitative estimate of drug-likeness (QED) is 0.544. The fourth-order valence-electron chi connectivity index (χ4n) is 1.41. The van der Waals surface area contributed by atoms with E-state index < -0.39 is 10.0 Å². The van der Waals surface area contributed by atoms with Crippen LogP contribution in [0, 0.1) is 0 Å². The Labute approximate surface area is 107 Å². The maximum absolute atomic E-state index is 12.0. The van der Waals surface area contributed by atoms with E-state index in [4.69, 9.17) is 4.74 Å². The summed E-state index contributed by atoms with van der Waals surface area (Å²) < 4.78 is 31.2. The van der Waals surface area contributed by atoms with Crippen LogP contribution in [-0.2, 0) is 21.3 Å². The number of hydrogen-bond acceptors (Lipinski definition) is 5. The van der Waals surface area contributed by atoms with Gasteiger partial charge in [-0.05, 0) is 13.0 Å². The molecule has 104 valence electrons. The van der Waals surface area contributed by atoms with Crippen molar-refractivity contribution in [2.45, 2.75) is 24.9 Å². The molecule has 0 unspecified atom stereocenters. The first-order valence-electron chi connectivity index (χ1n) is 5.83. The van der Waals surface area contributed by atoms with Crippen LogP contribution in [0.25, 0.3) is 0 Å². The van der Waals surface area contributed by atoms with E-state index in [1.165, 1.54) is 13.3 Å². The van der Waals surface area contributed by atoms with Crippen LogP contribution in [0.1, 0.15) is 18.9 Å². The number of aromatic amines is 1. The summed E-state index contributed by atoms with van der Waals surface area (Å²) >= 11 is 0. The Morgan fingerprint density at radius 1 is 1.44 bits per heavy atom. The first-order chi connectivity index (χ1) is 8.61. The molecule has 0 aromatic carbocycles. The number of nitrogens with zero attached hydrogens (tertiary/aromatic N) is 1. The summed E-state index contributed by atoms with van der Waals surface area (Å²) in [5, 5.41) is 9.55. The predicted molar refractivity (Wildman–Crippen MR) is 67.6 cm³/mol. The second kappa shape index (κ2) is 7.47. The van der Waals surface area contributed by atoms with Gasteiger partial charge in [0.15, 0.2) is 5.03 Å². The Morgan fingerprint density at radius 2 is 2.22 bits per heavy atom. The highest BCUT2D eigenvalue weighted by Gasteiger charge is 2.19. The van der Waals surface area contributed by atoms with Gasteiger partial charge >= 0.3 is 0 Å². The fraction of sp³-hybridized carbons (Fsp3) is 0.700. The van der Waals surface area contributed by atoms with Crippen molar-refractivity contribution < 1.29 is 13.2 Å². The van der Waals surface area contributed by atoms with E-state index >= 15 is 0 Å². The molecule has 0 aliphatic heterocycles. The highest BCUT2D eigenvalue weighted by molar-refractivity contribution is 7.89. The molecule has 0 fully saturated rings. The zero-order chi connectivity index (χ0) is 13.4. The molecule has 0 atom stereocenters. The van der Waals surface area contributed by atoms with E-state index in [-0.39, 0.29) is 11.6 Å². The topological polar surface area (TPSA) is 96.1 Å². The number of nitrogens with one attached hydrogen (secondary N) is 3. The number of methoxy groups -OCH3 is 1. The van der Waals surface area contributed by atoms with Gasteiger partial charge in [0.25, 0.3) is 10.0 Å². The number of aromatic nitrogens is 2. The Balaban J connectivity index is 2.67. The molecule has 1 aromatic rings. The van der Waals surface area contributed by atoms with Gasteiger partial charge in [0, 0.05) is 25.8 Å². The van der Waals surface area contributed by atoms with Crippen LogP contribution >= 0.6 is 0 Å². The van der Waals surface area contributed by atoms with Crippen LogP contribution in [0.5, 0.6) is 0 Å². The summed E-state index contributed by atoms with van der Waals surface area (Å²) in [6.07, 6.45) is 2.51. The minimum Gasteiger partial charge on any atom is -0.383 e. The van der Waals surface area contributed by atoms with Crippen molar-refractivity contribution in [3.8, 4) is 0 Å². The number of rotatable bonds is 9. The van der Waals surface area contributed by atoms with E-state index in [0.717, 1.165) is 13.0 Å². The van der Waals surface area contributed by atoms with Gasteiger partial charge in [0.2, 0.25) is 0 Å². The van der Waals surface area contributed by atoms with Crippen LogP contribution in [0.4, 0.5) is 0 Å². The molecule has 0 bridgehead atoms. The van der Waals surface area contributed by atoms with Gasteiger partial charge in [-0.2, -0.15) is 5.10 Å². The van der Waals surface area contributed by atoms with Crippen LogP contribution in [0.3, 0.4) is 0 Å². The Hall–Kier alpha value is -0.960. The molecule has 8 heteroatoms. The lowest BCUT2D eigenvalue weighted by molar-refractivity contribution is 0.204. The summed E-state index contributed by atoms with van der Waals surface area (Å²) in [6, 6.07) is 0. The van der Waals surface area contributed by atoms with Gasteiger partial charge in [-0.1, -0.05) is 6.92 Å². The Morgan fingerprint density at radius 3 is 2.89 bits per heavy atom. The van der Waals surface area contributed by atoms with Crippen molar-refractivity contribution in [1.29, 1.82) is 0 Å². The predicted octanol–water partition coefficient (Wildman–Crippen LogP) is -0.166. The third-order valence-corrected chi connectivity index (χ3v) is 3.76. The van der Waals surface area contributed by atoms with Crippen molar-refractivity contribution in [2.24, 2.45) is 0 Å². The first-order valence-corrected chi connectivity index (χ1v) is 7.31. The molecule has 1 heterocycles. The van der Waals surface area contributed by atoms with E-state index in [2.05, 4.69) is 20.2 Å². The molecule has 0 saturated heterocycles. The minimum absolute atomic E-state index is 0.113. The zero-order valence-corrected chi connectivity index (χ0v) is 11.5. The maximum Gasteiger partial charge on any atom is 0.257 e. The summed E-state index contributed by atoms with van der Waals surface area (Å²) in [4.78, 5) is 0. The average Bonchev–Trinajstić information content (AvgIpc) is 2.79. The van der Waals surface area contributed by atoms with Gasteiger partial charge in [0.1, 0.15) is 0 Å². The lowest BCUT2D eigenvalue weighted by Gasteiger charge is -2.07. The zero-order valence-electron chi connectivity index (χ0n) is 10.7. The molecule has 0 amide bonds. The molecule has 0 aliphatic carbocycles. The third kappa shape index (κ3) is 4.37. The van der Waals surface area contributed by atoms with Gasteiger partial charge in [-0.15, -0.1) is 0 Å². The van der Waals surface area contributed by atoms with Crippen molar-refractivity contribution in [1.82, 2.24) is 20.2 Å². The van der Waals surface area contributed by atoms with Crippen molar-refractivity contribution in [2.75, 3.05) is 26.8 Å². The van der Waals surface area contributed by atoms with E-state index in [9.17, 15) is 8.42 Å². The van der Waals surface area contributed by atoms with Gasteiger partial charge < -0.3 is 10.1 Å². The molecule has 3 N–H and O–H groups in total. The molecule has 7 nitrogen and oxygen atoms in total. The lowest BCUT2D eigenvalue weighted by Crippen LogP contribution is -2.28. The number of sulfonamides is 1. The van der Waals surface area contributed by atoms with Crippen LogP contribution in [0.15, 0.2) is 11.2 Å². The molecule has 0 spiro atoms. The molecule has 0 radical (unpaired) electrons. The normalized spacial score (nSPS) is 11.9. The van der Waals surface area contributed by atoms with E-state index in [1.54, 1.807) is 0 Å². The fourth-order valence-corrected chi connectivity index (χ4v) is 2.55. The highest BCUT2D eigenvalue weighted by atomic mass is 32.2. The standard InChI is InChI=1S/C10H20N4O3S/c1-3-4-11-7-9-8-12-14-10(9)18(15,16)13-5-6-17-2/h8,11,13H,3-7H2,1-2H3,(H,12,14). The average molecular weight is 276 g/mol. The smallest absolute Gasteiger partial charge is 0.257 e. The van der Waals surface area contributed by atoms with Gasteiger partial charge in [-0.3, -0.25) is 5.10 Å². The molecular formula is C10H20N4O3S. The second-order valence-electron chi connectivity index (χ2n) is 3.79. The SMILES string of the molecule is CCCNCc1cn[nH]c1S(=O)(=O)NCCOC. The number of ether oxygens (including phenoxy) is 1.